The van der Waals surface area contributed by atoms with Crippen LogP contribution < -0.4 is 10.6 Å². The molecule has 1 aliphatic carbocycles. The summed E-state index contributed by atoms with van der Waals surface area (Å²) >= 11 is 2.99. The second-order valence-electron chi connectivity index (χ2n) is 8.57. The first-order chi connectivity index (χ1) is 14.3. The van der Waals surface area contributed by atoms with Crippen LogP contribution in [0, 0.1) is 0 Å². The van der Waals surface area contributed by atoms with Gasteiger partial charge in [-0.1, -0.05) is 44.7 Å². The molecule has 156 valence electrons. The number of nitrogens with zero attached hydrogens (tertiary/aromatic N) is 1. The maximum absolute atomic E-state index is 12.6. The Hall–Kier alpha value is -2.38. The van der Waals surface area contributed by atoms with Crippen molar-refractivity contribution >= 4 is 50.8 Å². The summed E-state index contributed by atoms with van der Waals surface area (Å²) in [4.78, 5) is 29.1. The zero-order valence-corrected chi connectivity index (χ0v) is 19.0. The van der Waals surface area contributed by atoms with Gasteiger partial charge in [0.15, 0.2) is 4.34 Å². The first kappa shape index (κ1) is 20.9. The number of thiazole rings is 1. The van der Waals surface area contributed by atoms with E-state index in [1.807, 2.05) is 42.5 Å². The second-order valence-corrected chi connectivity index (χ2v) is 10.8. The maximum Gasteiger partial charge on any atom is 0.255 e. The van der Waals surface area contributed by atoms with Gasteiger partial charge < -0.3 is 10.6 Å². The van der Waals surface area contributed by atoms with Gasteiger partial charge in [-0.15, -0.1) is 11.3 Å². The van der Waals surface area contributed by atoms with Crippen LogP contribution in [0.1, 0.15) is 49.5 Å². The van der Waals surface area contributed by atoms with Gasteiger partial charge in [-0.25, -0.2) is 4.98 Å². The summed E-state index contributed by atoms with van der Waals surface area (Å²) < 4.78 is 1.85. The zero-order chi connectivity index (χ0) is 21.3. The number of fused-ring (bicyclic) bond motifs is 1. The molecule has 1 fully saturated rings. The number of carbonyl (C=O) groups excluding carboxylic acids is 2. The van der Waals surface area contributed by atoms with Crippen LogP contribution in [0.4, 0.5) is 5.69 Å². The number of anilines is 1. The second kappa shape index (κ2) is 8.40. The van der Waals surface area contributed by atoms with E-state index in [4.69, 9.17) is 0 Å². The number of benzene rings is 2. The van der Waals surface area contributed by atoms with Crippen LogP contribution in [-0.4, -0.2) is 28.6 Å². The lowest BCUT2D eigenvalue weighted by Crippen LogP contribution is -2.26. The van der Waals surface area contributed by atoms with Gasteiger partial charge in [0.1, 0.15) is 0 Å². The van der Waals surface area contributed by atoms with Gasteiger partial charge in [0.2, 0.25) is 5.91 Å². The van der Waals surface area contributed by atoms with E-state index in [0.29, 0.717) is 17.4 Å². The van der Waals surface area contributed by atoms with Crippen molar-refractivity contribution < 1.29 is 9.59 Å². The lowest BCUT2D eigenvalue weighted by atomic mass is 9.87. The topological polar surface area (TPSA) is 71.1 Å². The van der Waals surface area contributed by atoms with Crippen LogP contribution in [0.3, 0.4) is 0 Å². The van der Waals surface area contributed by atoms with Crippen LogP contribution in [0.25, 0.3) is 10.2 Å². The third kappa shape index (κ3) is 5.21. The fourth-order valence-corrected chi connectivity index (χ4v) is 4.91. The van der Waals surface area contributed by atoms with Crippen molar-refractivity contribution in [3.05, 3.63) is 53.6 Å². The van der Waals surface area contributed by atoms with Gasteiger partial charge in [-0.2, -0.15) is 0 Å². The van der Waals surface area contributed by atoms with Gasteiger partial charge in [-0.05, 0) is 54.2 Å². The lowest BCUT2D eigenvalue weighted by molar-refractivity contribution is -0.118. The number of hydrogen-bond donors (Lipinski definition) is 2. The Balaban J connectivity index is 1.40. The van der Waals surface area contributed by atoms with Gasteiger partial charge in [-0.3, -0.25) is 9.59 Å². The molecule has 4 rings (SSSR count). The first-order valence-corrected chi connectivity index (χ1v) is 11.8. The van der Waals surface area contributed by atoms with E-state index >= 15 is 0 Å². The highest BCUT2D eigenvalue weighted by Gasteiger charge is 2.23. The third-order valence-electron chi connectivity index (χ3n) is 4.91. The SMILES string of the molecule is CC(C)(C)c1ccc(C(=O)Nc2ccc3nc(SCC(=O)NC4CC4)sc3c2)cc1. The molecule has 2 aromatic carbocycles. The minimum absolute atomic E-state index is 0.0561. The molecule has 7 heteroatoms. The molecular formula is C23H25N3O2S2. The molecule has 0 spiro atoms. The van der Waals surface area contributed by atoms with Crippen molar-refractivity contribution in [3.63, 3.8) is 0 Å². The van der Waals surface area contributed by atoms with Crippen molar-refractivity contribution in [2.24, 2.45) is 0 Å². The number of hydrogen-bond acceptors (Lipinski definition) is 5. The van der Waals surface area contributed by atoms with Crippen LogP contribution in [0.5, 0.6) is 0 Å². The molecule has 2 N–H and O–H groups in total. The van der Waals surface area contributed by atoms with E-state index in [1.54, 1.807) is 0 Å². The average Bonchev–Trinajstić information content (AvgIpc) is 3.42. The molecule has 30 heavy (non-hydrogen) atoms. The van der Waals surface area contributed by atoms with E-state index in [2.05, 4.69) is 36.4 Å². The predicted molar refractivity (Wildman–Crippen MR) is 125 cm³/mol. The van der Waals surface area contributed by atoms with Crippen molar-refractivity contribution in [3.8, 4) is 0 Å². The highest BCUT2D eigenvalue weighted by Crippen LogP contribution is 2.31. The lowest BCUT2D eigenvalue weighted by Gasteiger charge is -2.19. The molecule has 1 heterocycles. The van der Waals surface area contributed by atoms with Crippen LogP contribution in [-0.2, 0) is 10.2 Å². The molecular weight excluding hydrogens is 414 g/mol. The number of thioether (sulfide) groups is 1. The normalized spacial score (nSPS) is 14.0. The molecule has 0 bridgehead atoms. The van der Waals surface area contributed by atoms with Crippen LogP contribution >= 0.6 is 23.1 Å². The number of aromatic nitrogens is 1. The van der Waals surface area contributed by atoms with E-state index in [-0.39, 0.29) is 17.2 Å². The Morgan fingerprint density at radius 2 is 1.87 bits per heavy atom. The molecule has 1 saturated carbocycles. The fraction of sp³-hybridized carbons (Fsp3) is 0.348. The standard InChI is InChI=1S/C23H25N3O2S2/c1-23(2,3)15-6-4-14(5-7-15)21(28)25-17-10-11-18-19(12-17)30-22(26-18)29-13-20(27)24-16-8-9-16/h4-7,10-12,16H,8-9,13H2,1-3H3,(H,24,27)(H,25,28). The Bertz CT molecular complexity index is 1080. The zero-order valence-electron chi connectivity index (χ0n) is 17.3. The Morgan fingerprint density at radius 1 is 1.13 bits per heavy atom. The van der Waals surface area contributed by atoms with Crippen LogP contribution in [0.2, 0.25) is 0 Å². The molecule has 0 unspecified atom stereocenters. The van der Waals surface area contributed by atoms with Crippen LogP contribution in [0.15, 0.2) is 46.8 Å². The highest BCUT2D eigenvalue weighted by atomic mass is 32.2. The Labute approximate surface area is 184 Å². The molecule has 0 atom stereocenters. The third-order valence-corrected chi connectivity index (χ3v) is 7.07. The molecule has 0 saturated heterocycles. The average molecular weight is 440 g/mol. The van der Waals surface area contributed by atoms with Crippen molar-refractivity contribution in [1.82, 2.24) is 10.3 Å². The van der Waals surface area contributed by atoms with Crippen molar-refractivity contribution in [2.45, 2.75) is 49.4 Å². The number of rotatable bonds is 6. The van der Waals surface area contributed by atoms with Gasteiger partial charge in [0, 0.05) is 17.3 Å². The molecule has 0 radical (unpaired) electrons. The molecule has 1 aliphatic rings. The molecule has 1 aromatic heterocycles. The summed E-state index contributed by atoms with van der Waals surface area (Å²) in [5.41, 5.74) is 3.49. The monoisotopic (exact) mass is 439 g/mol. The summed E-state index contributed by atoms with van der Waals surface area (Å²) in [7, 11) is 0. The molecule has 0 aliphatic heterocycles. The van der Waals surface area contributed by atoms with E-state index in [1.165, 1.54) is 28.7 Å². The first-order valence-electron chi connectivity index (χ1n) is 10.0. The molecule has 2 amide bonds. The number of nitrogens with one attached hydrogen (secondary N) is 2. The molecule has 5 nitrogen and oxygen atoms in total. The summed E-state index contributed by atoms with van der Waals surface area (Å²) in [6.07, 6.45) is 2.18. The van der Waals surface area contributed by atoms with E-state index in [9.17, 15) is 9.59 Å². The van der Waals surface area contributed by atoms with Gasteiger partial charge >= 0.3 is 0 Å². The minimum atomic E-state index is -0.134. The largest absolute Gasteiger partial charge is 0.353 e. The van der Waals surface area contributed by atoms with E-state index in [0.717, 1.165) is 33.1 Å². The maximum atomic E-state index is 12.6. The summed E-state index contributed by atoms with van der Waals surface area (Å²) in [6, 6.07) is 13.8. The Morgan fingerprint density at radius 3 is 2.53 bits per heavy atom. The van der Waals surface area contributed by atoms with Gasteiger partial charge in [0.25, 0.3) is 5.91 Å². The summed E-state index contributed by atoms with van der Waals surface area (Å²) in [5.74, 6) is 0.308. The fourth-order valence-electron chi connectivity index (χ4n) is 2.99. The number of amides is 2. The predicted octanol–water partition coefficient (Wildman–Crippen LogP) is 5.22. The quantitative estimate of drug-likeness (QED) is 0.517. The van der Waals surface area contributed by atoms with Crippen molar-refractivity contribution in [1.29, 1.82) is 0 Å². The van der Waals surface area contributed by atoms with Crippen molar-refractivity contribution in [2.75, 3.05) is 11.1 Å². The minimum Gasteiger partial charge on any atom is -0.353 e. The summed E-state index contributed by atoms with van der Waals surface area (Å²) in [5, 5.41) is 5.95. The van der Waals surface area contributed by atoms with Gasteiger partial charge in [0.05, 0.1) is 16.0 Å². The van der Waals surface area contributed by atoms with E-state index < -0.39 is 0 Å². The Kier molecular flexibility index (Phi) is 5.84. The molecule has 3 aromatic rings. The smallest absolute Gasteiger partial charge is 0.255 e. The summed E-state index contributed by atoms with van der Waals surface area (Å²) in [6.45, 7) is 6.45. The highest BCUT2D eigenvalue weighted by molar-refractivity contribution is 8.01. The number of carbonyl (C=O) groups is 2.